The van der Waals surface area contributed by atoms with E-state index < -0.39 is 15.6 Å². The van der Waals surface area contributed by atoms with Crippen molar-refractivity contribution < 1.29 is 14.4 Å². The fourth-order valence-electron chi connectivity index (χ4n) is 4.07. The second kappa shape index (κ2) is 9.90. The van der Waals surface area contributed by atoms with E-state index in [1.807, 2.05) is 54.6 Å². The minimum Gasteiger partial charge on any atom is -0.423 e. The van der Waals surface area contributed by atoms with Crippen molar-refractivity contribution in [3.05, 3.63) is 126 Å². The van der Waals surface area contributed by atoms with Crippen LogP contribution in [-0.4, -0.2) is 25.7 Å². The molecule has 154 valence electrons. The standard InChI is InChI=1S/C26H25BO3Si/c28-27(29)30-31(20-22-10-4-1-5-11-22,21-23-12-6-2-7-13-23)26-18-16-25(17-19-26)24-14-8-3-9-15-24/h1-19,28-29H,20-21H2. The van der Waals surface area contributed by atoms with Gasteiger partial charge in [0.15, 0.2) is 0 Å². The summed E-state index contributed by atoms with van der Waals surface area (Å²) < 4.78 is 6.03. The van der Waals surface area contributed by atoms with E-state index in [0.717, 1.165) is 27.4 Å². The Hall–Kier alpha value is -2.96. The lowest BCUT2D eigenvalue weighted by Gasteiger charge is -2.33. The van der Waals surface area contributed by atoms with Crippen LogP contribution >= 0.6 is 0 Å². The van der Waals surface area contributed by atoms with Gasteiger partial charge in [0.1, 0.15) is 0 Å². The van der Waals surface area contributed by atoms with Crippen LogP contribution in [0.15, 0.2) is 115 Å². The molecule has 0 aliphatic heterocycles. The van der Waals surface area contributed by atoms with Gasteiger partial charge in [0, 0.05) is 0 Å². The Kier molecular flexibility index (Phi) is 6.80. The maximum absolute atomic E-state index is 9.91. The molecule has 0 saturated carbocycles. The summed E-state index contributed by atoms with van der Waals surface area (Å²) in [6, 6.07) is 40.1. The second-order valence-corrected chi connectivity index (χ2v) is 11.2. The van der Waals surface area contributed by atoms with Crippen LogP contribution in [0, 0.1) is 0 Å². The van der Waals surface area contributed by atoms with Gasteiger partial charge in [-0.25, -0.2) is 0 Å². The second-order valence-electron chi connectivity index (χ2n) is 7.71. The SMILES string of the molecule is OB(O)O[Si](Cc1ccccc1)(Cc1ccccc1)c1ccc(-c2ccccc2)cc1. The molecule has 2 N–H and O–H groups in total. The van der Waals surface area contributed by atoms with Crippen LogP contribution in [0.25, 0.3) is 11.1 Å². The van der Waals surface area contributed by atoms with Gasteiger partial charge < -0.3 is 14.4 Å². The Morgan fingerprint density at radius 2 is 0.968 bits per heavy atom. The molecule has 3 nitrogen and oxygen atoms in total. The Balaban J connectivity index is 1.77. The van der Waals surface area contributed by atoms with Gasteiger partial charge in [0.2, 0.25) is 8.32 Å². The van der Waals surface area contributed by atoms with Crippen molar-refractivity contribution in [2.45, 2.75) is 12.1 Å². The number of rotatable bonds is 8. The van der Waals surface area contributed by atoms with Gasteiger partial charge in [0.25, 0.3) is 0 Å². The molecule has 0 radical (unpaired) electrons. The van der Waals surface area contributed by atoms with E-state index in [1.54, 1.807) is 0 Å². The minimum absolute atomic E-state index is 0.644. The van der Waals surface area contributed by atoms with Gasteiger partial charge in [-0.3, -0.25) is 0 Å². The molecule has 0 aliphatic rings. The van der Waals surface area contributed by atoms with Crippen LogP contribution < -0.4 is 5.19 Å². The first-order chi connectivity index (χ1) is 15.1. The third-order valence-electron chi connectivity index (χ3n) is 5.51. The Morgan fingerprint density at radius 1 is 0.548 bits per heavy atom. The van der Waals surface area contributed by atoms with E-state index in [1.165, 1.54) is 0 Å². The molecule has 0 saturated heterocycles. The highest BCUT2D eigenvalue weighted by Crippen LogP contribution is 2.23. The lowest BCUT2D eigenvalue weighted by atomic mass is 10.1. The smallest absolute Gasteiger partial charge is 0.423 e. The van der Waals surface area contributed by atoms with Crippen LogP contribution in [0.3, 0.4) is 0 Å². The minimum atomic E-state index is -2.84. The molecule has 0 amide bonds. The molecular formula is C26H25BO3Si. The van der Waals surface area contributed by atoms with E-state index in [9.17, 15) is 10.0 Å². The van der Waals surface area contributed by atoms with E-state index in [-0.39, 0.29) is 0 Å². The normalized spacial score (nSPS) is 11.3. The van der Waals surface area contributed by atoms with Gasteiger partial charge in [-0.1, -0.05) is 115 Å². The van der Waals surface area contributed by atoms with E-state index in [4.69, 9.17) is 4.34 Å². The molecule has 0 atom stereocenters. The van der Waals surface area contributed by atoms with Gasteiger partial charge >= 0.3 is 7.32 Å². The zero-order chi connectivity index (χ0) is 21.5. The summed E-state index contributed by atoms with van der Waals surface area (Å²) in [7, 11) is -4.67. The quantitative estimate of drug-likeness (QED) is 0.420. The van der Waals surface area contributed by atoms with Crippen LogP contribution in [0.1, 0.15) is 11.1 Å². The molecule has 0 aliphatic carbocycles. The highest BCUT2D eigenvalue weighted by atomic mass is 28.4. The van der Waals surface area contributed by atoms with Gasteiger partial charge in [-0.05, 0) is 39.5 Å². The average molecular weight is 424 g/mol. The highest BCUT2D eigenvalue weighted by Gasteiger charge is 2.41. The van der Waals surface area contributed by atoms with Crippen molar-refractivity contribution in [1.82, 2.24) is 0 Å². The molecule has 31 heavy (non-hydrogen) atoms. The van der Waals surface area contributed by atoms with Crippen LogP contribution in [0.2, 0.25) is 0 Å². The maximum Gasteiger partial charge on any atom is 0.623 e. The molecule has 4 aromatic carbocycles. The molecule has 5 heteroatoms. The molecule has 4 aromatic rings. The molecule has 0 aromatic heterocycles. The monoisotopic (exact) mass is 424 g/mol. The maximum atomic E-state index is 9.91. The summed E-state index contributed by atoms with van der Waals surface area (Å²) in [6.45, 7) is 0. The van der Waals surface area contributed by atoms with Crippen LogP contribution in [-0.2, 0) is 16.4 Å². The first-order valence-electron chi connectivity index (χ1n) is 10.4. The van der Waals surface area contributed by atoms with Gasteiger partial charge in [0.05, 0.1) is 0 Å². The fourth-order valence-corrected chi connectivity index (χ4v) is 7.87. The van der Waals surface area contributed by atoms with Gasteiger partial charge in [-0.2, -0.15) is 0 Å². The number of hydrogen-bond donors (Lipinski definition) is 2. The van der Waals surface area contributed by atoms with Crippen LogP contribution in [0.4, 0.5) is 0 Å². The zero-order valence-electron chi connectivity index (χ0n) is 17.3. The molecule has 0 spiro atoms. The van der Waals surface area contributed by atoms with E-state index in [0.29, 0.717) is 12.1 Å². The van der Waals surface area contributed by atoms with Crippen molar-refractivity contribution in [2.75, 3.05) is 0 Å². The summed E-state index contributed by atoms with van der Waals surface area (Å²) in [5.41, 5.74) is 4.52. The Labute approximate surface area is 184 Å². The van der Waals surface area contributed by atoms with Crippen molar-refractivity contribution in [3.8, 4) is 11.1 Å². The van der Waals surface area contributed by atoms with Gasteiger partial charge in [-0.15, -0.1) is 0 Å². The van der Waals surface area contributed by atoms with Crippen molar-refractivity contribution >= 4 is 20.8 Å². The third-order valence-corrected chi connectivity index (χ3v) is 9.52. The van der Waals surface area contributed by atoms with E-state index >= 15 is 0 Å². The zero-order valence-corrected chi connectivity index (χ0v) is 18.3. The largest absolute Gasteiger partial charge is 0.623 e. The molecule has 4 rings (SSSR count). The summed E-state index contributed by atoms with van der Waals surface area (Å²) in [4.78, 5) is 0. The van der Waals surface area contributed by atoms with Crippen molar-refractivity contribution in [1.29, 1.82) is 0 Å². The summed E-state index contributed by atoms with van der Waals surface area (Å²) in [5.74, 6) is 0. The molecule has 0 heterocycles. The topological polar surface area (TPSA) is 49.7 Å². The van der Waals surface area contributed by atoms with Crippen molar-refractivity contribution in [2.24, 2.45) is 0 Å². The Bertz CT molecular complexity index is 1030. The first kappa shape index (κ1) is 21.3. The Morgan fingerprint density at radius 3 is 1.42 bits per heavy atom. The summed E-state index contributed by atoms with van der Waals surface area (Å²) in [5, 5.41) is 20.8. The number of hydrogen-bond acceptors (Lipinski definition) is 3. The predicted molar refractivity (Wildman–Crippen MR) is 129 cm³/mol. The number of benzene rings is 4. The summed E-state index contributed by atoms with van der Waals surface area (Å²) >= 11 is 0. The highest BCUT2D eigenvalue weighted by molar-refractivity contribution is 6.88. The lowest BCUT2D eigenvalue weighted by Crippen LogP contribution is -2.58. The van der Waals surface area contributed by atoms with Crippen molar-refractivity contribution in [3.63, 3.8) is 0 Å². The lowest BCUT2D eigenvalue weighted by molar-refractivity contribution is 0.283. The fraction of sp³-hybridized carbons (Fsp3) is 0.0769. The first-order valence-corrected chi connectivity index (χ1v) is 12.7. The predicted octanol–water partition coefficient (Wildman–Crippen LogP) is 4.06. The average Bonchev–Trinajstić information content (AvgIpc) is 2.81. The van der Waals surface area contributed by atoms with E-state index in [2.05, 4.69) is 60.7 Å². The third kappa shape index (κ3) is 5.40. The molecule has 0 fully saturated rings. The molecule has 0 bridgehead atoms. The molecule has 0 unspecified atom stereocenters. The molecular weight excluding hydrogens is 399 g/mol. The van der Waals surface area contributed by atoms with Crippen LogP contribution in [0.5, 0.6) is 0 Å². The summed E-state index contributed by atoms with van der Waals surface area (Å²) in [6.07, 6.45) is 0.